The fraction of sp³-hybridized carbons (Fsp3) is 0.571. The molecule has 112 valence electrons. The number of nitro benzene ring substituents is 1. The van der Waals surface area contributed by atoms with Crippen LogP contribution in [0.2, 0.25) is 0 Å². The monoisotopic (exact) mass is 284 g/mol. The van der Waals surface area contributed by atoms with Crippen molar-refractivity contribution in [2.45, 2.75) is 27.2 Å². The molecule has 0 fully saturated rings. The molecule has 0 saturated heterocycles. The smallest absolute Gasteiger partial charge is 0.295 e. The zero-order chi connectivity index (χ0) is 15.1. The third-order valence-corrected chi connectivity index (χ3v) is 2.88. The molecular formula is C14H21FN2O3. The molecule has 0 aliphatic heterocycles. The van der Waals surface area contributed by atoms with E-state index in [0.29, 0.717) is 36.9 Å². The SMILES string of the molecule is Cc1cc(NCCOCCC(C)C)c([N+](=O)[O-])cc1F. The first kappa shape index (κ1) is 16.4. The van der Waals surface area contributed by atoms with Gasteiger partial charge in [-0.25, -0.2) is 4.39 Å². The highest BCUT2D eigenvalue weighted by Gasteiger charge is 2.16. The van der Waals surface area contributed by atoms with Crippen molar-refractivity contribution in [3.05, 3.63) is 33.6 Å². The van der Waals surface area contributed by atoms with Gasteiger partial charge in [0, 0.05) is 13.2 Å². The number of halogens is 1. The maximum Gasteiger partial charge on any atom is 0.295 e. The van der Waals surface area contributed by atoms with Crippen LogP contribution in [0.3, 0.4) is 0 Å². The van der Waals surface area contributed by atoms with Crippen molar-refractivity contribution in [1.82, 2.24) is 0 Å². The van der Waals surface area contributed by atoms with Gasteiger partial charge < -0.3 is 10.1 Å². The van der Waals surface area contributed by atoms with E-state index in [-0.39, 0.29) is 5.69 Å². The summed E-state index contributed by atoms with van der Waals surface area (Å²) in [5.74, 6) is 0.0132. The molecule has 0 aromatic heterocycles. The Hall–Kier alpha value is -1.69. The maximum atomic E-state index is 13.3. The molecule has 0 radical (unpaired) electrons. The summed E-state index contributed by atoms with van der Waals surface area (Å²) in [5.41, 5.74) is 0.440. The Labute approximate surface area is 118 Å². The molecule has 0 aliphatic carbocycles. The topological polar surface area (TPSA) is 64.4 Å². The fourth-order valence-corrected chi connectivity index (χ4v) is 1.64. The molecule has 6 heteroatoms. The van der Waals surface area contributed by atoms with Gasteiger partial charge in [-0.1, -0.05) is 13.8 Å². The second-order valence-electron chi connectivity index (χ2n) is 5.10. The standard InChI is InChI=1S/C14H21FN2O3/c1-10(2)4-6-20-7-5-16-13-8-11(3)12(15)9-14(13)17(18)19/h8-10,16H,4-7H2,1-3H3. The van der Waals surface area contributed by atoms with Crippen molar-refractivity contribution in [1.29, 1.82) is 0 Å². The van der Waals surface area contributed by atoms with E-state index in [2.05, 4.69) is 19.2 Å². The first-order valence-electron chi connectivity index (χ1n) is 6.68. The average molecular weight is 284 g/mol. The van der Waals surface area contributed by atoms with Gasteiger partial charge >= 0.3 is 0 Å². The zero-order valence-corrected chi connectivity index (χ0v) is 12.1. The van der Waals surface area contributed by atoms with E-state index in [0.717, 1.165) is 12.5 Å². The third kappa shape index (κ3) is 5.13. The van der Waals surface area contributed by atoms with E-state index in [4.69, 9.17) is 4.74 Å². The minimum Gasteiger partial charge on any atom is -0.380 e. The number of rotatable bonds is 8. The van der Waals surface area contributed by atoms with Crippen molar-refractivity contribution in [2.24, 2.45) is 5.92 Å². The van der Waals surface area contributed by atoms with E-state index >= 15 is 0 Å². The van der Waals surface area contributed by atoms with Gasteiger partial charge in [-0.15, -0.1) is 0 Å². The van der Waals surface area contributed by atoms with E-state index in [1.807, 2.05) is 0 Å². The Kier molecular flexibility index (Phi) is 6.38. The van der Waals surface area contributed by atoms with Crippen LogP contribution in [0.1, 0.15) is 25.8 Å². The molecule has 1 N–H and O–H groups in total. The zero-order valence-electron chi connectivity index (χ0n) is 12.1. The summed E-state index contributed by atoms with van der Waals surface area (Å²) in [4.78, 5) is 10.3. The summed E-state index contributed by atoms with van der Waals surface area (Å²) in [6.45, 7) is 7.39. The summed E-state index contributed by atoms with van der Waals surface area (Å²) >= 11 is 0. The number of nitrogens with one attached hydrogen (secondary N) is 1. The number of hydrogen-bond donors (Lipinski definition) is 1. The minimum absolute atomic E-state index is 0.254. The highest BCUT2D eigenvalue weighted by Crippen LogP contribution is 2.27. The molecule has 0 atom stereocenters. The largest absolute Gasteiger partial charge is 0.380 e. The van der Waals surface area contributed by atoms with Gasteiger partial charge in [-0.2, -0.15) is 0 Å². The van der Waals surface area contributed by atoms with Crippen LogP contribution in [0.5, 0.6) is 0 Å². The van der Waals surface area contributed by atoms with Crippen molar-refractivity contribution < 1.29 is 14.1 Å². The number of nitrogens with zero attached hydrogens (tertiary/aromatic N) is 1. The molecule has 0 spiro atoms. The Morgan fingerprint density at radius 1 is 1.40 bits per heavy atom. The summed E-state index contributed by atoms with van der Waals surface area (Å²) in [6, 6.07) is 2.39. The van der Waals surface area contributed by atoms with Crippen molar-refractivity contribution in [2.75, 3.05) is 25.1 Å². The lowest BCUT2D eigenvalue weighted by Crippen LogP contribution is -2.12. The van der Waals surface area contributed by atoms with Crippen LogP contribution < -0.4 is 5.32 Å². The number of aryl methyl sites for hydroxylation is 1. The van der Waals surface area contributed by atoms with Crippen LogP contribution >= 0.6 is 0 Å². The van der Waals surface area contributed by atoms with Gasteiger partial charge in [0.25, 0.3) is 5.69 Å². The summed E-state index contributed by atoms with van der Waals surface area (Å²) < 4.78 is 18.7. The molecule has 0 heterocycles. The molecular weight excluding hydrogens is 263 g/mol. The van der Waals surface area contributed by atoms with Gasteiger partial charge in [-0.3, -0.25) is 10.1 Å². The molecule has 0 aliphatic rings. The highest BCUT2D eigenvalue weighted by atomic mass is 19.1. The Balaban J connectivity index is 2.51. The van der Waals surface area contributed by atoms with Crippen LogP contribution in [0.25, 0.3) is 0 Å². The third-order valence-electron chi connectivity index (χ3n) is 2.88. The van der Waals surface area contributed by atoms with E-state index in [9.17, 15) is 14.5 Å². The molecule has 0 amide bonds. The van der Waals surface area contributed by atoms with Gasteiger partial charge in [0.2, 0.25) is 0 Å². The number of nitro groups is 1. The number of benzene rings is 1. The van der Waals surface area contributed by atoms with Gasteiger partial charge in [0.1, 0.15) is 11.5 Å². The van der Waals surface area contributed by atoms with Crippen molar-refractivity contribution >= 4 is 11.4 Å². The van der Waals surface area contributed by atoms with Gasteiger partial charge in [-0.05, 0) is 30.9 Å². The molecule has 1 aromatic carbocycles. The second kappa shape index (κ2) is 7.79. The lowest BCUT2D eigenvalue weighted by Gasteiger charge is -2.10. The molecule has 1 aromatic rings. The Morgan fingerprint density at radius 3 is 2.70 bits per heavy atom. The number of hydrogen-bond acceptors (Lipinski definition) is 4. The van der Waals surface area contributed by atoms with E-state index in [1.165, 1.54) is 6.07 Å². The average Bonchev–Trinajstić information content (AvgIpc) is 2.36. The molecule has 5 nitrogen and oxygen atoms in total. The summed E-state index contributed by atoms with van der Waals surface area (Å²) in [7, 11) is 0. The minimum atomic E-state index is -0.593. The Morgan fingerprint density at radius 2 is 2.10 bits per heavy atom. The maximum absolute atomic E-state index is 13.3. The quantitative estimate of drug-likeness (QED) is 0.450. The molecule has 0 bridgehead atoms. The highest BCUT2D eigenvalue weighted by molar-refractivity contribution is 5.63. The first-order chi connectivity index (χ1) is 9.41. The molecule has 1 rings (SSSR count). The van der Waals surface area contributed by atoms with E-state index in [1.54, 1.807) is 6.92 Å². The second-order valence-corrected chi connectivity index (χ2v) is 5.10. The summed E-state index contributed by atoms with van der Waals surface area (Å²) in [6.07, 6.45) is 0.982. The van der Waals surface area contributed by atoms with Gasteiger partial charge in [0.15, 0.2) is 0 Å². The summed E-state index contributed by atoms with van der Waals surface area (Å²) in [5, 5.41) is 13.8. The van der Waals surface area contributed by atoms with Crippen molar-refractivity contribution in [3.8, 4) is 0 Å². The first-order valence-corrected chi connectivity index (χ1v) is 6.68. The Bertz CT molecular complexity index is 464. The van der Waals surface area contributed by atoms with Crippen molar-refractivity contribution in [3.63, 3.8) is 0 Å². The van der Waals surface area contributed by atoms with Crippen LogP contribution in [-0.4, -0.2) is 24.7 Å². The molecule has 20 heavy (non-hydrogen) atoms. The lowest BCUT2D eigenvalue weighted by atomic mass is 10.1. The van der Waals surface area contributed by atoms with Crippen LogP contribution in [0, 0.1) is 28.8 Å². The van der Waals surface area contributed by atoms with Gasteiger partial charge in [0.05, 0.1) is 17.6 Å². The predicted octanol–water partition coefficient (Wildman–Crippen LogP) is 3.52. The van der Waals surface area contributed by atoms with Crippen LogP contribution in [0.15, 0.2) is 12.1 Å². The lowest BCUT2D eigenvalue weighted by molar-refractivity contribution is -0.384. The van der Waals surface area contributed by atoms with E-state index < -0.39 is 10.7 Å². The molecule has 0 unspecified atom stereocenters. The van der Waals surface area contributed by atoms with Crippen LogP contribution in [-0.2, 0) is 4.74 Å². The predicted molar refractivity (Wildman–Crippen MR) is 76.6 cm³/mol. The number of ether oxygens (including phenoxy) is 1. The van der Waals surface area contributed by atoms with Crippen LogP contribution in [0.4, 0.5) is 15.8 Å². The normalized spacial score (nSPS) is 10.8. The fourth-order valence-electron chi connectivity index (χ4n) is 1.64. The molecule has 0 saturated carbocycles. The number of anilines is 1.